The summed E-state index contributed by atoms with van der Waals surface area (Å²) in [4.78, 5) is 11.6. The second kappa shape index (κ2) is 6.62. The van der Waals surface area contributed by atoms with Crippen molar-refractivity contribution >= 4 is 5.91 Å². The number of benzene rings is 1. The Hall–Kier alpha value is -2.06. The van der Waals surface area contributed by atoms with Gasteiger partial charge in [0.1, 0.15) is 5.75 Å². The number of hydrogen-bond acceptors (Lipinski definition) is 4. The minimum Gasteiger partial charge on any atom is -0.508 e. The molecular weight excluding hydrogens is 230 g/mol. The van der Waals surface area contributed by atoms with E-state index in [9.17, 15) is 4.79 Å². The molecule has 5 heteroatoms. The number of hydrogen-bond donors (Lipinski definition) is 3. The van der Waals surface area contributed by atoms with Crippen LogP contribution in [0.4, 0.5) is 0 Å². The summed E-state index contributed by atoms with van der Waals surface area (Å²) in [7, 11) is 0. The van der Waals surface area contributed by atoms with Crippen LogP contribution in [0.3, 0.4) is 0 Å². The number of nitriles is 1. The molecule has 1 unspecified atom stereocenters. The Bertz CT molecular complexity index is 437. The molecule has 0 aliphatic rings. The zero-order chi connectivity index (χ0) is 13.5. The molecule has 0 aromatic heterocycles. The Balaban J connectivity index is 2.45. The number of nitrogens with two attached hydrogens (primary N) is 1. The molecule has 0 radical (unpaired) electrons. The molecule has 0 saturated heterocycles. The summed E-state index contributed by atoms with van der Waals surface area (Å²) in [5.41, 5.74) is 6.64. The maximum absolute atomic E-state index is 11.6. The fourth-order valence-corrected chi connectivity index (χ4v) is 1.41. The third-order valence-corrected chi connectivity index (χ3v) is 2.53. The van der Waals surface area contributed by atoms with Crippen LogP contribution >= 0.6 is 0 Å². The molecule has 0 fully saturated rings. The van der Waals surface area contributed by atoms with Crippen molar-refractivity contribution in [1.82, 2.24) is 5.32 Å². The van der Waals surface area contributed by atoms with Crippen molar-refractivity contribution in [2.45, 2.75) is 19.4 Å². The van der Waals surface area contributed by atoms with E-state index in [0.29, 0.717) is 13.0 Å². The predicted octanol–water partition coefficient (Wildman–Crippen LogP) is 0.538. The number of phenolic OH excluding ortho intramolecular Hbond substituents is 1. The second-order valence-corrected chi connectivity index (χ2v) is 4.25. The Morgan fingerprint density at radius 1 is 1.50 bits per heavy atom. The number of nitrogens with zero attached hydrogens (tertiary/aromatic N) is 1. The maximum Gasteiger partial charge on any atom is 0.237 e. The fraction of sp³-hybridized carbons (Fsp3) is 0.385. The third kappa shape index (κ3) is 4.44. The van der Waals surface area contributed by atoms with E-state index in [0.717, 1.165) is 5.56 Å². The van der Waals surface area contributed by atoms with E-state index in [4.69, 9.17) is 16.1 Å². The van der Waals surface area contributed by atoms with Crippen molar-refractivity contribution < 1.29 is 9.90 Å². The highest BCUT2D eigenvalue weighted by Crippen LogP contribution is 2.10. The Morgan fingerprint density at radius 3 is 2.67 bits per heavy atom. The van der Waals surface area contributed by atoms with Crippen LogP contribution in [0.2, 0.25) is 0 Å². The van der Waals surface area contributed by atoms with Crippen molar-refractivity contribution in [3.8, 4) is 11.8 Å². The first kappa shape index (κ1) is 14.0. The Labute approximate surface area is 106 Å². The SMILES string of the molecule is CC(C#N)CNC(=O)[C@H](N)Cc1ccc(O)cc1. The minimum absolute atomic E-state index is 0.180. The van der Waals surface area contributed by atoms with Gasteiger partial charge in [-0.3, -0.25) is 4.79 Å². The van der Waals surface area contributed by atoms with Crippen LogP contribution in [-0.2, 0) is 11.2 Å². The highest BCUT2D eigenvalue weighted by Gasteiger charge is 2.14. The van der Waals surface area contributed by atoms with Gasteiger partial charge in [0.2, 0.25) is 5.91 Å². The molecule has 0 aliphatic carbocycles. The van der Waals surface area contributed by atoms with E-state index in [1.54, 1.807) is 31.2 Å². The first-order valence-electron chi connectivity index (χ1n) is 5.73. The molecule has 0 aliphatic heterocycles. The van der Waals surface area contributed by atoms with Crippen LogP contribution in [-0.4, -0.2) is 23.6 Å². The summed E-state index contributed by atoms with van der Waals surface area (Å²) >= 11 is 0. The van der Waals surface area contributed by atoms with Gasteiger partial charge in [-0.2, -0.15) is 5.26 Å². The van der Waals surface area contributed by atoms with Crippen molar-refractivity contribution in [2.75, 3.05) is 6.54 Å². The smallest absolute Gasteiger partial charge is 0.237 e. The van der Waals surface area contributed by atoms with Crippen LogP contribution in [0.25, 0.3) is 0 Å². The molecular formula is C13H17N3O2. The van der Waals surface area contributed by atoms with Gasteiger partial charge in [0.25, 0.3) is 0 Å². The van der Waals surface area contributed by atoms with Gasteiger partial charge in [-0.25, -0.2) is 0 Å². The van der Waals surface area contributed by atoms with Gasteiger partial charge in [-0.1, -0.05) is 12.1 Å². The third-order valence-electron chi connectivity index (χ3n) is 2.53. The molecule has 18 heavy (non-hydrogen) atoms. The summed E-state index contributed by atoms with van der Waals surface area (Å²) < 4.78 is 0. The lowest BCUT2D eigenvalue weighted by Crippen LogP contribution is -2.43. The molecule has 0 bridgehead atoms. The standard InChI is InChI=1S/C13H17N3O2/c1-9(7-14)8-16-13(18)12(15)6-10-2-4-11(17)5-3-10/h2-5,9,12,17H,6,8,15H2,1H3,(H,16,18)/t9?,12-/m1/s1. The molecule has 1 aromatic carbocycles. The Morgan fingerprint density at radius 2 is 2.11 bits per heavy atom. The van der Waals surface area contributed by atoms with E-state index in [1.807, 2.05) is 6.07 Å². The van der Waals surface area contributed by atoms with Gasteiger partial charge in [-0.05, 0) is 31.0 Å². The largest absolute Gasteiger partial charge is 0.508 e. The molecule has 4 N–H and O–H groups in total. The summed E-state index contributed by atoms with van der Waals surface area (Å²) in [6, 6.07) is 7.93. The molecule has 96 valence electrons. The summed E-state index contributed by atoms with van der Waals surface area (Å²) in [5, 5.41) is 20.4. The number of carbonyl (C=O) groups is 1. The molecule has 2 atom stereocenters. The number of nitrogens with one attached hydrogen (secondary N) is 1. The summed E-state index contributed by atoms with van der Waals surface area (Å²) in [5.74, 6) is -0.320. The van der Waals surface area contributed by atoms with Crippen LogP contribution in [0, 0.1) is 17.2 Å². The first-order chi connectivity index (χ1) is 8.52. The van der Waals surface area contributed by atoms with Gasteiger partial charge >= 0.3 is 0 Å². The molecule has 1 amide bonds. The van der Waals surface area contributed by atoms with E-state index in [-0.39, 0.29) is 17.6 Å². The summed E-state index contributed by atoms with van der Waals surface area (Å²) in [6.45, 7) is 2.03. The van der Waals surface area contributed by atoms with E-state index < -0.39 is 6.04 Å². The predicted molar refractivity (Wildman–Crippen MR) is 67.6 cm³/mol. The summed E-state index contributed by atoms with van der Waals surface area (Å²) in [6.07, 6.45) is 0.396. The molecule has 1 aromatic rings. The van der Waals surface area contributed by atoms with E-state index in [1.165, 1.54) is 0 Å². The molecule has 0 saturated carbocycles. The van der Waals surface area contributed by atoms with E-state index >= 15 is 0 Å². The maximum atomic E-state index is 11.6. The average molecular weight is 247 g/mol. The lowest BCUT2D eigenvalue weighted by atomic mass is 10.1. The Kier molecular flexibility index (Phi) is 5.15. The average Bonchev–Trinajstić information content (AvgIpc) is 2.38. The number of carbonyl (C=O) groups excluding carboxylic acids is 1. The number of phenols is 1. The number of amides is 1. The van der Waals surface area contributed by atoms with Gasteiger partial charge in [-0.15, -0.1) is 0 Å². The second-order valence-electron chi connectivity index (χ2n) is 4.25. The van der Waals surface area contributed by atoms with E-state index in [2.05, 4.69) is 5.32 Å². The van der Waals surface area contributed by atoms with Crippen LogP contribution in [0.1, 0.15) is 12.5 Å². The van der Waals surface area contributed by atoms with Crippen molar-refractivity contribution in [3.05, 3.63) is 29.8 Å². The fourth-order valence-electron chi connectivity index (χ4n) is 1.41. The zero-order valence-electron chi connectivity index (χ0n) is 10.3. The van der Waals surface area contributed by atoms with Crippen LogP contribution in [0.5, 0.6) is 5.75 Å². The topological polar surface area (TPSA) is 99.1 Å². The monoisotopic (exact) mass is 247 g/mol. The zero-order valence-corrected chi connectivity index (χ0v) is 10.3. The minimum atomic E-state index is -0.652. The van der Waals surface area contributed by atoms with Crippen LogP contribution < -0.4 is 11.1 Å². The van der Waals surface area contributed by atoms with Crippen molar-refractivity contribution in [2.24, 2.45) is 11.7 Å². The van der Waals surface area contributed by atoms with Gasteiger partial charge in [0.05, 0.1) is 18.0 Å². The lowest BCUT2D eigenvalue weighted by Gasteiger charge is -2.13. The normalized spacial score (nSPS) is 13.4. The van der Waals surface area contributed by atoms with Crippen LogP contribution in [0.15, 0.2) is 24.3 Å². The van der Waals surface area contributed by atoms with Crippen molar-refractivity contribution in [1.29, 1.82) is 5.26 Å². The number of rotatable bonds is 5. The first-order valence-corrected chi connectivity index (χ1v) is 5.73. The quantitative estimate of drug-likeness (QED) is 0.707. The highest BCUT2D eigenvalue weighted by atomic mass is 16.3. The van der Waals surface area contributed by atoms with Gasteiger partial charge in [0, 0.05) is 6.54 Å². The van der Waals surface area contributed by atoms with Crippen molar-refractivity contribution in [3.63, 3.8) is 0 Å². The molecule has 0 spiro atoms. The highest BCUT2D eigenvalue weighted by molar-refractivity contribution is 5.81. The molecule has 5 nitrogen and oxygen atoms in total. The number of aromatic hydroxyl groups is 1. The molecule has 1 rings (SSSR count). The molecule has 0 heterocycles. The van der Waals surface area contributed by atoms with Gasteiger partial charge in [0.15, 0.2) is 0 Å². The lowest BCUT2D eigenvalue weighted by molar-refractivity contribution is -0.122. The van der Waals surface area contributed by atoms with Gasteiger partial charge < -0.3 is 16.2 Å².